The predicted molar refractivity (Wildman–Crippen MR) is 177 cm³/mol. The minimum Gasteiger partial charge on any atom is -0.497 e. The highest BCUT2D eigenvalue weighted by atomic mass is 28.4. The van der Waals surface area contributed by atoms with E-state index in [4.69, 9.17) is 18.6 Å². The lowest BCUT2D eigenvalue weighted by Crippen LogP contribution is -2.66. The van der Waals surface area contributed by atoms with Crippen molar-refractivity contribution in [2.75, 3.05) is 13.7 Å². The zero-order valence-electron chi connectivity index (χ0n) is 26.8. The standard InChI is InChI=1S/C36H48O7Si/c1-27(41-26-29-17-19-30(40-6)20-18-29)25-31(43-28(2)37)21-22-34(38)35(39)23-24-42-44(36(3,4)5,32-13-9-7-10-14-32)33-15-11-8-12-16-33/h7-22,27,31,34-35,38-39H,23-26H2,1-6H3/b22-21+/t27-,31-,34+,35+/m1/s1. The molecule has 8 heteroatoms. The van der Waals surface area contributed by atoms with Crippen molar-refractivity contribution >= 4 is 24.7 Å². The molecule has 0 aliphatic carbocycles. The van der Waals surface area contributed by atoms with Crippen LogP contribution in [0, 0.1) is 0 Å². The van der Waals surface area contributed by atoms with Gasteiger partial charge in [-0.1, -0.05) is 99.6 Å². The summed E-state index contributed by atoms with van der Waals surface area (Å²) in [6, 6.07) is 28.2. The van der Waals surface area contributed by atoms with Gasteiger partial charge in [0.2, 0.25) is 0 Å². The number of benzene rings is 3. The third-order valence-electron chi connectivity index (χ3n) is 7.64. The number of aliphatic hydroxyl groups is 2. The van der Waals surface area contributed by atoms with E-state index >= 15 is 0 Å². The first-order valence-electron chi connectivity index (χ1n) is 15.2. The number of hydrogen-bond donors (Lipinski definition) is 2. The smallest absolute Gasteiger partial charge is 0.303 e. The van der Waals surface area contributed by atoms with Gasteiger partial charge in [0, 0.05) is 20.0 Å². The van der Waals surface area contributed by atoms with Crippen LogP contribution in [-0.4, -0.2) is 62.6 Å². The molecule has 0 saturated heterocycles. The van der Waals surface area contributed by atoms with Crippen LogP contribution in [0.15, 0.2) is 97.1 Å². The number of aliphatic hydroxyl groups excluding tert-OH is 2. The minimum atomic E-state index is -2.75. The molecule has 0 radical (unpaired) electrons. The molecular formula is C36H48O7Si. The van der Waals surface area contributed by atoms with Gasteiger partial charge in [-0.25, -0.2) is 0 Å². The maximum atomic E-state index is 11.8. The highest BCUT2D eigenvalue weighted by molar-refractivity contribution is 6.99. The average molecular weight is 621 g/mol. The molecule has 0 bridgehead atoms. The highest BCUT2D eigenvalue weighted by Crippen LogP contribution is 2.36. The van der Waals surface area contributed by atoms with Crippen molar-refractivity contribution in [1.29, 1.82) is 0 Å². The second kappa shape index (κ2) is 16.7. The Morgan fingerprint density at radius 2 is 1.45 bits per heavy atom. The largest absolute Gasteiger partial charge is 0.497 e. The second-order valence-electron chi connectivity index (χ2n) is 12.1. The summed E-state index contributed by atoms with van der Waals surface area (Å²) in [4.78, 5) is 11.8. The summed E-state index contributed by atoms with van der Waals surface area (Å²) in [5.74, 6) is 0.341. The number of esters is 1. The van der Waals surface area contributed by atoms with E-state index in [0.29, 0.717) is 13.0 Å². The normalized spacial score (nSPS) is 15.0. The molecule has 3 rings (SSSR count). The summed E-state index contributed by atoms with van der Waals surface area (Å²) < 4.78 is 23.5. The van der Waals surface area contributed by atoms with Crippen molar-refractivity contribution in [3.8, 4) is 5.75 Å². The van der Waals surface area contributed by atoms with Crippen LogP contribution in [-0.2, 0) is 25.3 Å². The van der Waals surface area contributed by atoms with Gasteiger partial charge in [-0.15, -0.1) is 0 Å². The summed E-state index contributed by atoms with van der Waals surface area (Å²) in [7, 11) is -1.13. The Bertz CT molecular complexity index is 1250. The molecule has 0 fully saturated rings. The van der Waals surface area contributed by atoms with E-state index in [1.807, 2.05) is 67.6 Å². The average Bonchev–Trinajstić information content (AvgIpc) is 3.01. The molecule has 2 N–H and O–H groups in total. The van der Waals surface area contributed by atoms with Crippen molar-refractivity contribution in [2.45, 2.75) is 83.5 Å². The first kappa shape index (κ1) is 35.2. The van der Waals surface area contributed by atoms with Crippen LogP contribution in [0.5, 0.6) is 5.75 Å². The van der Waals surface area contributed by atoms with Crippen molar-refractivity contribution in [3.63, 3.8) is 0 Å². The van der Waals surface area contributed by atoms with E-state index in [1.165, 1.54) is 13.0 Å². The van der Waals surface area contributed by atoms with Gasteiger partial charge in [0.15, 0.2) is 0 Å². The van der Waals surface area contributed by atoms with E-state index in [0.717, 1.165) is 21.7 Å². The van der Waals surface area contributed by atoms with Gasteiger partial charge in [0.05, 0.1) is 32.0 Å². The van der Waals surface area contributed by atoms with Crippen LogP contribution in [0.25, 0.3) is 0 Å². The molecule has 7 nitrogen and oxygen atoms in total. The van der Waals surface area contributed by atoms with Crippen molar-refractivity contribution in [1.82, 2.24) is 0 Å². The third-order valence-corrected chi connectivity index (χ3v) is 12.7. The van der Waals surface area contributed by atoms with Gasteiger partial charge in [-0.05, 0) is 52.5 Å². The quantitative estimate of drug-likeness (QED) is 0.130. The fourth-order valence-electron chi connectivity index (χ4n) is 5.37. The zero-order chi connectivity index (χ0) is 32.2. The number of carbonyl (C=O) groups excluding carboxylic acids is 1. The summed E-state index contributed by atoms with van der Waals surface area (Å²) in [6.45, 7) is 10.5. The van der Waals surface area contributed by atoms with Crippen LogP contribution >= 0.6 is 0 Å². The maximum absolute atomic E-state index is 11.8. The van der Waals surface area contributed by atoms with Gasteiger partial charge < -0.3 is 28.8 Å². The van der Waals surface area contributed by atoms with Gasteiger partial charge in [0.25, 0.3) is 8.32 Å². The molecule has 44 heavy (non-hydrogen) atoms. The van der Waals surface area contributed by atoms with Crippen LogP contribution in [0.2, 0.25) is 5.04 Å². The van der Waals surface area contributed by atoms with E-state index in [1.54, 1.807) is 13.2 Å². The van der Waals surface area contributed by atoms with Crippen LogP contribution < -0.4 is 15.1 Å². The molecule has 0 aliphatic rings. The monoisotopic (exact) mass is 620 g/mol. The summed E-state index contributed by atoms with van der Waals surface area (Å²) in [6.07, 6.45) is 0.656. The molecule has 0 aliphatic heterocycles. The Hall–Kier alpha value is -3.27. The fraction of sp³-hybridized carbons (Fsp3) is 0.417. The summed E-state index contributed by atoms with van der Waals surface area (Å²) >= 11 is 0. The van der Waals surface area contributed by atoms with E-state index in [9.17, 15) is 15.0 Å². The van der Waals surface area contributed by atoms with Gasteiger partial charge in [0.1, 0.15) is 11.9 Å². The molecule has 0 amide bonds. The fourth-order valence-corrected chi connectivity index (χ4v) is 9.95. The second-order valence-corrected chi connectivity index (χ2v) is 16.4. The molecular weight excluding hydrogens is 572 g/mol. The Morgan fingerprint density at radius 3 is 1.95 bits per heavy atom. The lowest BCUT2D eigenvalue weighted by atomic mass is 10.1. The van der Waals surface area contributed by atoms with E-state index < -0.39 is 32.6 Å². The Morgan fingerprint density at radius 1 is 0.886 bits per heavy atom. The van der Waals surface area contributed by atoms with Gasteiger partial charge in [-0.2, -0.15) is 0 Å². The molecule has 0 aromatic heterocycles. The number of carbonyl (C=O) groups is 1. The number of hydrogen-bond acceptors (Lipinski definition) is 7. The van der Waals surface area contributed by atoms with Crippen molar-refractivity contribution in [2.24, 2.45) is 0 Å². The van der Waals surface area contributed by atoms with Crippen LogP contribution in [0.1, 0.15) is 53.0 Å². The van der Waals surface area contributed by atoms with Crippen LogP contribution in [0.4, 0.5) is 0 Å². The SMILES string of the molecule is COc1ccc(CO[C@H](C)C[C@@H](/C=C/[C@H](O)[C@@H](O)CCO[Si](c2ccccc2)(c2ccccc2)C(C)(C)C)OC(C)=O)cc1. The molecule has 0 saturated carbocycles. The molecule has 238 valence electrons. The lowest BCUT2D eigenvalue weighted by molar-refractivity contribution is -0.145. The summed E-state index contributed by atoms with van der Waals surface area (Å²) in [5, 5.41) is 23.8. The molecule has 3 aromatic rings. The number of rotatable bonds is 16. The van der Waals surface area contributed by atoms with E-state index in [-0.39, 0.29) is 24.2 Å². The van der Waals surface area contributed by atoms with E-state index in [2.05, 4.69) is 45.0 Å². The number of ether oxygens (including phenoxy) is 3. The number of methoxy groups -OCH3 is 1. The van der Waals surface area contributed by atoms with Gasteiger partial charge in [-0.3, -0.25) is 4.79 Å². The zero-order valence-corrected chi connectivity index (χ0v) is 27.8. The maximum Gasteiger partial charge on any atom is 0.303 e. The lowest BCUT2D eigenvalue weighted by Gasteiger charge is -2.43. The molecule has 0 unspecified atom stereocenters. The first-order valence-corrected chi connectivity index (χ1v) is 17.1. The third kappa shape index (κ3) is 9.87. The topological polar surface area (TPSA) is 94.5 Å². The molecule has 0 spiro atoms. The Balaban J connectivity index is 1.63. The minimum absolute atomic E-state index is 0.192. The predicted octanol–water partition coefficient (Wildman–Crippen LogP) is 5.17. The van der Waals surface area contributed by atoms with Gasteiger partial charge >= 0.3 is 5.97 Å². The van der Waals surface area contributed by atoms with Crippen molar-refractivity contribution in [3.05, 3.63) is 103 Å². The highest BCUT2D eigenvalue weighted by Gasteiger charge is 2.50. The Kier molecular flexibility index (Phi) is 13.4. The Labute approximate surface area is 263 Å². The van der Waals surface area contributed by atoms with Crippen molar-refractivity contribution < 1.29 is 33.6 Å². The first-order chi connectivity index (χ1) is 21.0. The van der Waals surface area contributed by atoms with Crippen LogP contribution in [0.3, 0.4) is 0 Å². The molecule has 4 atom stereocenters. The summed E-state index contributed by atoms with van der Waals surface area (Å²) in [5.41, 5.74) is 0.996. The molecule has 0 heterocycles. The molecule has 3 aromatic carbocycles.